The molecule has 0 aliphatic rings. The highest BCUT2D eigenvalue weighted by Gasteiger charge is 2.16. The fraction of sp³-hybridized carbons (Fsp3) is 0.250. The monoisotopic (exact) mass is 320 g/mol. The Kier molecular flexibility index (Phi) is 5.35. The molecule has 0 saturated carbocycles. The van der Waals surface area contributed by atoms with Gasteiger partial charge in [0.1, 0.15) is 5.82 Å². The van der Waals surface area contributed by atoms with Crippen molar-refractivity contribution < 1.29 is 23.1 Å². The van der Waals surface area contributed by atoms with Crippen LogP contribution in [0.4, 0.5) is 14.9 Å². The number of methoxy groups -OCH3 is 1. The minimum atomic E-state index is -0.634. The lowest BCUT2D eigenvalue weighted by Crippen LogP contribution is -2.34. The van der Waals surface area contributed by atoms with Crippen LogP contribution in [-0.2, 0) is 11.3 Å². The van der Waals surface area contributed by atoms with Gasteiger partial charge in [0.05, 0.1) is 37.4 Å². The molecule has 0 radical (unpaired) electrons. The highest BCUT2D eigenvalue weighted by atomic mass is 19.1. The predicted octanol–water partition coefficient (Wildman–Crippen LogP) is 3.26. The molecule has 7 heteroatoms. The molecular weight excluding hydrogens is 303 g/mol. The summed E-state index contributed by atoms with van der Waals surface area (Å²) in [4.78, 5) is 25.2. The maximum atomic E-state index is 13.8. The van der Waals surface area contributed by atoms with Gasteiger partial charge < -0.3 is 19.4 Å². The Labute approximate surface area is 132 Å². The van der Waals surface area contributed by atoms with Gasteiger partial charge in [0, 0.05) is 12.1 Å². The number of esters is 1. The van der Waals surface area contributed by atoms with Crippen molar-refractivity contribution in [1.29, 1.82) is 0 Å². The minimum Gasteiger partial charge on any atom is -0.472 e. The first-order chi connectivity index (χ1) is 11.0. The average Bonchev–Trinajstić information content (AvgIpc) is 3.06. The van der Waals surface area contributed by atoms with Crippen LogP contribution in [0.15, 0.2) is 41.2 Å². The predicted molar refractivity (Wildman–Crippen MR) is 81.6 cm³/mol. The summed E-state index contributed by atoms with van der Waals surface area (Å²) in [6.07, 6.45) is 3.05. The van der Waals surface area contributed by atoms with Crippen molar-refractivity contribution in [3.05, 3.63) is 53.7 Å². The standard InChI is InChI=1S/C16H17FN2O4/c1-3-19(9-11-6-7-23-10-11)16(21)18-14-8-12(15(20)22-2)4-5-13(14)17/h4-8,10H,3,9H2,1-2H3,(H,18,21). The minimum absolute atomic E-state index is 0.0801. The smallest absolute Gasteiger partial charge is 0.337 e. The van der Waals surface area contributed by atoms with Crippen LogP contribution < -0.4 is 5.32 Å². The van der Waals surface area contributed by atoms with Crippen LogP contribution in [0.3, 0.4) is 0 Å². The van der Waals surface area contributed by atoms with Crippen molar-refractivity contribution in [3.8, 4) is 0 Å². The Hall–Kier alpha value is -2.83. The third-order valence-corrected chi connectivity index (χ3v) is 3.25. The Balaban J connectivity index is 2.13. The molecule has 1 aromatic heterocycles. The molecule has 1 N–H and O–H groups in total. The number of furan rings is 1. The average molecular weight is 320 g/mol. The number of hydrogen-bond donors (Lipinski definition) is 1. The van der Waals surface area contributed by atoms with Crippen LogP contribution in [0.5, 0.6) is 0 Å². The Morgan fingerprint density at radius 1 is 1.35 bits per heavy atom. The van der Waals surface area contributed by atoms with E-state index >= 15 is 0 Å². The Morgan fingerprint density at radius 3 is 2.74 bits per heavy atom. The molecule has 0 spiro atoms. The summed E-state index contributed by atoms with van der Waals surface area (Å²) in [6.45, 7) is 2.56. The number of urea groups is 1. The number of anilines is 1. The van der Waals surface area contributed by atoms with Gasteiger partial charge in [0.2, 0.25) is 0 Å². The van der Waals surface area contributed by atoms with Crippen LogP contribution in [0, 0.1) is 5.82 Å². The van der Waals surface area contributed by atoms with Crippen molar-refractivity contribution in [3.63, 3.8) is 0 Å². The van der Waals surface area contributed by atoms with E-state index in [4.69, 9.17) is 4.42 Å². The molecule has 2 aromatic rings. The van der Waals surface area contributed by atoms with Gasteiger partial charge in [-0.2, -0.15) is 0 Å². The first-order valence-corrected chi connectivity index (χ1v) is 7.00. The molecule has 0 unspecified atom stereocenters. The molecule has 0 fully saturated rings. The van der Waals surface area contributed by atoms with Gasteiger partial charge in [0.15, 0.2) is 0 Å². The van der Waals surface area contributed by atoms with Gasteiger partial charge in [-0.1, -0.05) is 0 Å². The number of rotatable bonds is 5. The molecule has 0 saturated heterocycles. The molecule has 1 heterocycles. The second-order valence-corrected chi connectivity index (χ2v) is 4.76. The van der Waals surface area contributed by atoms with Crippen molar-refractivity contribution in [1.82, 2.24) is 4.90 Å². The first kappa shape index (κ1) is 16.5. The second kappa shape index (κ2) is 7.44. The zero-order valence-electron chi connectivity index (χ0n) is 12.8. The molecule has 0 aliphatic carbocycles. The van der Waals surface area contributed by atoms with E-state index in [1.165, 1.54) is 36.7 Å². The maximum absolute atomic E-state index is 13.8. The van der Waals surface area contributed by atoms with Gasteiger partial charge in [-0.3, -0.25) is 0 Å². The van der Waals surface area contributed by atoms with Crippen molar-refractivity contribution >= 4 is 17.7 Å². The van der Waals surface area contributed by atoms with Crippen LogP contribution in [0.1, 0.15) is 22.8 Å². The SMILES string of the molecule is CCN(Cc1ccoc1)C(=O)Nc1cc(C(=O)OC)ccc1F. The normalized spacial score (nSPS) is 10.2. The Bertz CT molecular complexity index is 685. The first-order valence-electron chi connectivity index (χ1n) is 7.00. The number of carbonyl (C=O) groups is 2. The molecule has 0 bridgehead atoms. The van der Waals surface area contributed by atoms with E-state index < -0.39 is 17.8 Å². The van der Waals surface area contributed by atoms with Crippen molar-refractivity contribution in [2.45, 2.75) is 13.5 Å². The molecule has 2 rings (SSSR count). The van der Waals surface area contributed by atoms with Gasteiger partial charge >= 0.3 is 12.0 Å². The van der Waals surface area contributed by atoms with E-state index in [1.807, 2.05) is 0 Å². The fourth-order valence-electron chi connectivity index (χ4n) is 1.99. The number of halogens is 1. The molecular formula is C16H17FN2O4. The number of ether oxygens (including phenoxy) is 1. The molecule has 0 aliphatic heterocycles. The number of nitrogens with one attached hydrogen (secondary N) is 1. The number of benzene rings is 1. The molecule has 23 heavy (non-hydrogen) atoms. The number of hydrogen-bond acceptors (Lipinski definition) is 4. The third-order valence-electron chi connectivity index (χ3n) is 3.25. The topological polar surface area (TPSA) is 71.8 Å². The lowest BCUT2D eigenvalue weighted by Gasteiger charge is -2.21. The highest BCUT2D eigenvalue weighted by Crippen LogP contribution is 2.18. The summed E-state index contributed by atoms with van der Waals surface area (Å²) < 4.78 is 23.4. The second-order valence-electron chi connectivity index (χ2n) is 4.76. The summed E-state index contributed by atoms with van der Waals surface area (Å²) in [6, 6.07) is 4.91. The van der Waals surface area contributed by atoms with Crippen LogP contribution in [-0.4, -0.2) is 30.6 Å². The van der Waals surface area contributed by atoms with Gasteiger partial charge in [0.25, 0.3) is 0 Å². The highest BCUT2D eigenvalue weighted by molar-refractivity contribution is 5.94. The van der Waals surface area contributed by atoms with Gasteiger partial charge in [-0.05, 0) is 31.2 Å². The fourth-order valence-corrected chi connectivity index (χ4v) is 1.99. The number of amides is 2. The molecule has 1 aromatic carbocycles. The number of carbonyl (C=O) groups excluding carboxylic acids is 2. The third kappa shape index (κ3) is 4.09. The van der Waals surface area contributed by atoms with E-state index in [1.54, 1.807) is 13.0 Å². The summed E-state index contributed by atoms with van der Waals surface area (Å²) in [5, 5.41) is 2.47. The zero-order valence-corrected chi connectivity index (χ0v) is 12.8. The van der Waals surface area contributed by atoms with Gasteiger partial charge in [-0.25, -0.2) is 14.0 Å². The van der Waals surface area contributed by atoms with Gasteiger partial charge in [-0.15, -0.1) is 0 Å². The maximum Gasteiger partial charge on any atom is 0.337 e. The molecule has 2 amide bonds. The largest absolute Gasteiger partial charge is 0.472 e. The van der Waals surface area contributed by atoms with Crippen LogP contribution in [0.2, 0.25) is 0 Å². The van der Waals surface area contributed by atoms with Crippen LogP contribution >= 0.6 is 0 Å². The summed E-state index contributed by atoms with van der Waals surface area (Å²) in [5.41, 5.74) is 0.899. The molecule has 6 nitrogen and oxygen atoms in total. The van der Waals surface area contributed by atoms with Crippen molar-refractivity contribution in [2.24, 2.45) is 0 Å². The molecule has 122 valence electrons. The lowest BCUT2D eigenvalue weighted by atomic mass is 10.2. The van der Waals surface area contributed by atoms with E-state index in [0.717, 1.165) is 11.6 Å². The zero-order chi connectivity index (χ0) is 16.8. The van der Waals surface area contributed by atoms with E-state index in [9.17, 15) is 14.0 Å². The van der Waals surface area contributed by atoms with Crippen LogP contribution in [0.25, 0.3) is 0 Å². The summed E-state index contributed by atoms with van der Waals surface area (Å²) in [5.74, 6) is -1.24. The number of nitrogens with zero attached hydrogens (tertiary/aromatic N) is 1. The summed E-state index contributed by atoms with van der Waals surface area (Å²) in [7, 11) is 1.23. The Morgan fingerprint density at radius 2 is 2.13 bits per heavy atom. The van der Waals surface area contributed by atoms with Crippen molar-refractivity contribution in [2.75, 3.05) is 19.0 Å². The van der Waals surface area contributed by atoms with E-state index in [0.29, 0.717) is 13.1 Å². The molecule has 0 atom stereocenters. The van der Waals surface area contributed by atoms with E-state index in [-0.39, 0.29) is 11.3 Å². The summed E-state index contributed by atoms with van der Waals surface area (Å²) >= 11 is 0. The van der Waals surface area contributed by atoms with E-state index in [2.05, 4.69) is 10.1 Å². The lowest BCUT2D eigenvalue weighted by molar-refractivity contribution is 0.0600. The quantitative estimate of drug-likeness (QED) is 0.858.